The molecule has 4 aromatic rings. The molecule has 36 heavy (non-hydrogen) atoms. The van der Waals surface area contributed by atoms with Crippen molar-refractivity contribution in [1.82, 2.24) is 0 Å². The van der Waals surface area contributed by atoms with E-state index in [2.05, 4.69) is 105 Å². The van der Waals surface area contributed by atoms with Crippen molar-refractivity contribution < 1.29 is 17.9 Å². The van der Waals surface area contributed by atoms with Crippen LogP contribution in [0.4, 0.5) is 0 Å². The van der Waals surface area contributed by atoms with Crippen molar-refractivity contribution >= 4 is 46.3 Å². The van der Waals surface area contributed by atoms with Crippen molar-refractivity contribution in [2.24, 2.45) is 0 Å². The number of fused-ring (bicyclic) bond motifs is 4. The molecule has 6 rings (SSSR count). The Labute approximate surface area is 228 Å². The third-order valence-corrected chi connectivity index (χ3v) is 22.3. The van der Waals surface area contributed by atoms with Gasteiger partial charge < -0.3 is 0 Å². The molecule has 4 aromatic carbocycles. The first kappa shape index (κ1) is 24.6. The molecule has 0 N–H and O–H groups in total. The molecule has 2 aliphatic rings. The van der Waals surface area contributed by atoms with Gasteiger partial charge in [0.15, 0.2) is 0 Å². The first-order valence-electron chi connectivity index (χ1n) is 13.0. The van der Waals surface area contributed by atoms with E-state index in [4.69, 9.17) is 17.0 Å². The van der Waals surface area contributed by atoms with Crippen molar-refractivity contribution in [1.29, 1.82) is 0 Å². The summed E-state index contributed by atoms with van der Waals surface area (Å²) in [5, 5.41) is 3.02. The van der Waals surface area contributed by atoms with Crippen molar-refractivity contribution in [3.05, 3.63) is 107 Å². The number of hydrogen-bond donors (Lipinski definition) is 0. The summed E-state index contributed by atoms with van der Waals surface area (Å²) in [6.45, 7) is 4.51. The maximum atomic E-state index is 7.78. The molecular weight excluding hydrogens is 575 g/mol. The predicted octanol–water partition coefficient (Wildman–Crippen LogP) is 7.04. The average Bonchev–Trinajstić information content (AvgIpc) is 3.47. The van der Waals surface area contributed by atoms with E-state index in [0.717, 1.165) is 19.3 Å². The van der Waals surface area contributed by atoms with Crippen LogP contribution in [0, 0.1) is 0 Å². The van der Waals surface area contributed by atoms with Gasteiger partial charge in [0, 0.05) is 0 Å². The van der Waals surface area contributed by atoms with Crippen LogP contribution in [0.2, 0.25) is 0 Å². The Bertz CT molecular complexity index is 1490. The normalized spacial score (nSPS) is 16.6. The number of aryl methyl sites for hydroxylation is 1. The SMILES string of the molecule is CCCC1=Cc2c(ccc(CC)c2-c2ccccc2)[CH]1[Zr]([Cl])([Cl])[c]1cccc2c1[SiH2]c1ccccc1-2. The van der Waals surface area contributed by atoms with Gasteiger partial charge in [0.2, 0.25) is 0 Å². The summed E-state index contributed by atoms with van der Waals surface area (Å²) in [4.78, 5) is 0. The zero-order valence-corrected chi connectivity index (χ0v) is 26.2. The molecule has 0 amide bonds. The zero-order valence-electron chi connectivity index (χ0n) is 20.8. The van der Waals surface area contributed by atoms with Crippen LogP contribution in [0.3, 0.4) is 0 Å². The fourth-order valence-corrected chi connectivity index (χ4v) is 23.2. The maximum absolute atomic E-state index is 7.78. The Morgan fingerprint density at radius 1 is 0.806 bits per heavy atom. The molecule has 1 aliphatic heterocycles. The molecule has 4 heteroatoms. The van der Waals surface area contributed by atoms with Gasteiger partial charge in [-0.2, -0.15) is 0 Å². The number of halogens is 2. The van der Waals surface area contributed by atoms with E-state index in [1.807, 2.05) is 0 Å². The Morgan fingerprint density at radius 3 is 2.33 bits per heavy atom. The van der Waals surface area contributed by atoms with Gasteiger partial charge in [0.05, 0.1) is 0 Å². The summed E-state index contributed by atoms with van der Waals surface area (Å²) in [7, 11) is 15.0. The molecule has 180 valence electrons. The van der Waals surface area contributed by atoms with Crippen molar-refractivity contribution in [2.45, 2.75) is 36.7 Å². The molecule has 0 radical (unpaired) electrons. The zero-order chi connectivity index (χ0) is 24.9. The molecule has 1 heterocycles. The predicted molar refractivity (Wildman–Crippen MR) is 158 cm³/mol. The van der Waals surface area contributed by atoms with Crippen molar-refractivity contribution in [2.75, 3.05) is 0 Å². The third-order valence-electron chi connectivity index (χ3n) is 7.93. The summed E-state index contributed by atoms with van der Waals surface area (Å²) >= 11 is -3.91. The van der Waals surface area contributed by atoms with E-state index in [-0.39, 0.29) is 3.63 Å². The molecule has 0 nitrogen and oxygen atoms in total. The van der Waals surface area contributed by atoms with Crippen LogP contribution in [0.15, 0.2) is 90.5 Å². The number of allylic oxidation sites excluding steroid dienone is 1. The molecule has 1 atom stereocenters. The van der Waals surface area contributed by atoms with E-state index in [1.54, 1.807) is 0 Å². The van der Waals surface area contributed by atoms with E-state index in [9.17, 15) is 0 Å². The van der Waals surface area contributed by atoms with Gasteiger partial charge >= 0.3 is 230 Å². The van der Waals surface area contributed by atoms with Gasteiger partial charge in [-0.3, -0.25) is 0 Å². The van der Waals surface area contributed by atoms with Gasteiger partial charge in [0.25, 0.3) is 0 Å². The van der Waals surface area contributed by atoms with Crippen molar-refractivity contribution in [3.63, 3.8) is 0 Å². The fourth-order valence-electron chi connectivity index (χ4n) is 6.36. The average molecular weight is 605 g/mol. The van der Waals surface area contributed by atoms with E-state index >= 15 is 0 Å². The van der Waals surface area contributed by atoms with Crippen LogP contribution < -0.4 is 13.6 Å². The minimum atomic E-state index is -3.91. The first-order chi connectivity index (χ1) is 17.5. The molecule has 0 aromatic heterocycles. The van der Waals surface area contributed by atoms with Gasteiger partial charge in [-0.1, -0.05) is 0 Å². The molecule has 0 bridgehead atoms. The monoisotopic (exact) mass is 602 g/mol. The van der Waals surface area contributed by atoms with Crippen LogP contribution in [-0.4, -0.2) is 9.52 Å². The molecule has 1 unspecified atom stereocenters. The fraction of sp³-hybridized carbons (Fsp3) is 0.188. The van der Waals surface area contributed by atoms with Gasteiger partial charge in [-0.15, -0.1) is 0 Å². The van der Waals surface area contributed by atoms with E-state index in [0.29, 0.717) is 0 Å². The van der Waals surface area contributed by atoms with Crippen LogP contribution in [-0.2, 0) is 24.3 Å². The Balaban J connectivity index is 1.53. The third kappa shape index (κ3) is 3.97. The van der Waals surface area contributed by atoms with Gasteiger partial charge in [-0.25, -0.2) is 0 Å². The quantitative estimate of drug-likeness (QED) is 0.183. The summed E-state index contributed by atoms with van der Waals surface area (Å²) < 4.78 is 1.46. The van der Waals surface area contributed by atoms with Crippen LogP contribution in [0.5, 0.6) is 0 Å². The second-order valence-corrected chi connectivity index (χ2v) is 25.8. The summed E-state index contributed by atoms with van der Waals surface area (Å²) in [5.41, 5.74) is 11.0. The topological polar surface area (TPSA) is 0 Å². The summed E-state index contributed by atoms with van der Waals surface area (Å²) in [5.74, 6) is 0. The molecule has 0 saturated heterocycles. The van der Waals surface area contributed by atoms with Crippen LogP contribution in [0.1, 0.15) is 47.0 Å². The molecule has 0 spiro atoms. The molecule has 0 saturated carbocycles. The molecule has 1 aliphatic carbocycles. The van der Waals surface area contributed by atoms with Crippen LogP contribution >= 0.6 is 17.0 Å². The van der Waals surface area contributed by atoms with E-state index in [1.165, 1.54) is 58.2 Å². The number of hydrogen-bond acceptors (Lipinski definition) is 0. The standard InChI is InChI=1S/C20H21.C12H9Si.2ClH.Zr/c1-3-8-15-13-18-12-11-16(4-2)20(19(18)14-15)17-9-6-5-7-10-17;1-3-7-11-9(5-1)10-6-2-4-8-12(10)13-11;;;/h5-7,9-14H,3-4,8H2,1-2H3;1-7H,13H2;2*1H;/q;;;;+2/p-2. The second-order valence-electron chi connectivity index (χ2n) is 10.0. The minimum absolute atomic E-state index is 0.148. The van der Waals surface area contributed by atoms with Gasteiger partial charge in [0.1, 0.15) is 0 Å². The Morgan fingerprint density at radius 2 is 1.56 bits per heavy atom. The first-order valence-corrected chi connectivity index (χ1v) is 23.4. The molecule has 0 fully saturated rings. The van der Waals surface area contributed by atoms with Crippen molar-refractivity contribution in [3.8, 4) is 22.3 Å². The van der Waals surface area contributed by atoms with E-state index < -0.39 is 27.4 Å². The summed E-state index contributed by atoms with van der Waals surface area (Å²) in [6, 6.07) is 31.1. The Hall–Kier alpha value is -1.70. The molecular formula is C32H30Cl2SiZr. The van der Waals surface area contributed by atoms with Crippen LogP contribution in [0.25, 0.3) is 28.3 Å². The van der Waals surface area contributed by atoms with Gasteiger partial charge in [-0.05, 0) is 0 Å². The number of rotatable bonds is 6. The summed E-state index contributed by atoms with van der Waals surface area (Å²) in [6.07, 6.45) is 5.60. The Kier molecular flexibility index (Phi) is 6.76. The second kappa shape index (κ2) is 9.88. The number of benzene rings is 4.